The summed E-state index contributed by atoms with van der Waals surface area (Å²) < 4.78 is 28.6. The molecule has 8 rings (SSSR count). The molecule has 0 radical (unpaired) electrons. The molecular weight excluding hydrogens is 630 g/mol. The first-order valence-electron chi connectivity index (χ1n) is 17.3. The molecule has 4 aromatic rings. The highest BCUT2D eigenvalue weighted by Crippen LogP contribution is 2.47. The van der Waals surface area contributed by atoms with E-state index in [-0.39, 0.29) is 29.2 Å². The van der Waals surface area contributed by atoms with Gasteiger partial charge < -0.3 is 29.7 Å². The topological polar surface area (TPSA) is 90.4 Å². The summed E-state index contributed by atoms with van der Waals surface area (Å²) in [5.74, 6) is 1.44. The van der Waals surface area contributed by atoms with Crippen LogP contribution in [0.25, 0.3) is 32.0 Å². The number of phenolic OH excluding ortho intramolecular Hbond substituents is 1. The molecule has 6 heterocycles. The molecule has 48 heavy (non-hydrogen) atoms. The summed E-state index contributed by atoms with van der Waals surface area (Å²) in [4.78, 5) is 23.8. The number of aromatic nitrogens is 1. The van der Waals surface area contributed by atoms with E-state index in [2.05, 4.69) is 20.5 Å². The maximum absolute atomic E-state index is 15.2. The summed E-state index contributed by atoms with van der Waals surface area (Å²) in [5, 5.41) is 19.4. The second-order valence-electron chi connectivity index (χ2n) is 14.3. The van der Waals surface area contributed by atoms with Crippen LogP contribution in [0.2, 0.25) is 0 Å². The number of nitrogens with zero attached hydrogens (tertiary/aromatic N) is 4. The summed E-state index contributed by atoms with van der Waals surface area (Å²) in [7, 11) is 3.41. The minimum Gasteiger partial charge on any atom is -0.508 e. The number of amides is 1. The molecule has 3 unspecified atom stereocenters. The second kappa shape index (κ2) is 12.3. The van der Waals surface area contributed by atoms with E-state index in [9.17, 15) is 9.90 Å². The largest absolute Gasteiger partial charge is 0.508 e. The first-order valence-corrected chi connectivity index (χ1v) is 18.2. The number of carbonyl (C=O) groups is 1. The van der Waals surface area contributed by atoms with E-state index in [4.69, 9.17) is 14.5 Å². The number of fused-ring (bicyclic) bond motifs is 5. The molecule has 0 spiro atoms. The normalized spacial score (nSPS) is 25.2. The van der Waals surface area contributed by atoms with Gasteiger partial charge in [0.05, 0.1) is 10.2 Å². The van der Waals surface area contributed by atoms with Crippen molar-refractivity contribution in [2.75, 3.05) is 51.8 Å². The number of hydrogen-bond donors (Lipinski definition) is 2. The van der Waals surface area contributed by atoms with Crippen molar-refractivity contribution in [3.63, 3.8) is 0 Å². The quantitative estimate of drug-likeness (QED) is 0.218. The number of piperazine rings is 1. The third-order valence-electron chi connectivity index (χ3n) is 11.1. The first kappa shape index (κ1) is 31.6. The molecule has 0 aliphatic carbocycles. The number of aromatic hydroxyl groups is 1. The Labute approximate surface area is 284 Å². The van der Waals surface area contributed by atoms with Crippen LogP contribution in [0.15, 0.2) is 35.7 Å². The molecule has 9 nitrogen and oxygen atoms in total. The van der Waals surface area contributed by atoms with Gasteiger partial charge in [-0.05, 0) is 97.0 Å². The number of benzene rings is 2. The molecular formula is C37H44FN5O4S. The highest BCUT2D eigenvalue weighted by Gasteiger charge is 2.50. The number of pyridine rings is 1. The molecule has 4 aliphatic rings. The molecule has 2 bridgehead atoms. The van der Waals surface area contributed by atoms with Gasteiger partial charge in [0, 0.05) is 62.3 Å². The van der Waals surface area contributed by atoms with Crippen molar-refractivity contribution >= 4 is 44.1 Å². The van der Waals surface area contributed by atoms with Crippen LogP contribution < -0.4 is 15.0 Å². The van der Waals surface area contributed by atoms with Crippen molar-refractivity contribution in [1.82, 2.24) is 20.1 Å². The molecule has 11 heteroatoms. The number of nitrogens with one attached hydrogen (secondary N) is 1. The minimum atomic E-state index is -0.311. The zero-order valence-corrected chi connectivity index (χ0v) is 28.7. The SMILES string of the molecule is CCc1c(F)ccc2cc(O)cc(-c3csc4c(N5CC6CCC(C5)N6)nc(OCC56CCCN5[C@@H](COC(=O)N(C)C)CC6)cc34)c12. The molecule has 2 N–H and O–H groups in total. The lowest BCUT2D eigenvalue weighted by Gasteiger charge is -2.35. The Kier molecular flexibility index (Phi) is 8.12. The Balaban J connectivity index is 1.17. The van der Waals surface area contributed by atoms with Crippen LogP contribution in [0.4, 0.5) is 15.0 Å². The summed E-state index contributed by atoms with van der Waals surface area (Å²) in [6.45, 7) is 5.61. The lowest BCUT2D eigenvalue weighted by atomic mass is 9.92. The number of aryl methyl sites for hydroxylation is 1. The highest BCUT2D eigenvalue weighted by atomic mass is 32.1. The predicted octanol–water partition coefficient (Wildman–Crippen LogP) is 6.54. The summed E-state index contributed by atoms with van der Waals surface area (Å²) in [6, 6.07) is 9.84. The van der Waals surface area contributed by atoms with Crippen molar-refractivity contribution < 1.29 is 23.8 Å². The van der Waals surface area contributed by atoms with Crippen LogP contribution in [-0.4, -0.2) is 96.6 Å². The predicted molar refractivity (Wildman–Crippen MR) is 188 cm³/mol. The van der Waals surface area contributed by atoms with Crippen molar-refractivity contribution in [3.05, 3.63) is 47.1 Å². The fraction of sp³-hybridized carbons (Fsp3) is 0.514. The van der Waals surface area contributed by atoms with Crippen LogP contribution in [0.3, 0.4) is 0 Å². The monoisotopic (exact) mass is 673 g/mol. The van der Waals surface area contributed by atoms with Gasteiger partial charge in [-0.25, -0.2) is 9.18 Å². The van der Waals surface area contributed by atoms with E-state index in [1.807, 2.05) is 13.0 Å². The van der Waals surface area contributed by atoms with Gasteiger partial charge in [0.2, 0.25) is 5.88 Å². The van der Waals surface area contributed by atoms with Gasteiger partial charge in [-0.1, -0.05) is 13.0 Å². The van der Waals surface area contributed by atoms with Crippen LogP contribution >= 0.6 is 11.3 Å². The Hall–Kier alpha value is -3.67. The van der Waals surface area contributed by atoms with Gasteiger partial charge in [0.15, 0.2) is 5.82 Å². The third kappa shape index (κ3) is 5.44. The number of ether oxygens (including phenoxy) is 2. The molecule has 2 aromatic carbocycles. The van der Waals surface area contributed by atoms with Gasteiger partial charge in [-0.3, -0.25) is 4.90 Å². The number of phenols is 1. The van der Waals surface area contributed by atoms with Crippen LogP contribution in [0.1, 0.15) is 51.0 Å². The smallest absolute Gasteiger partial charge is 0.409 e. The average Bonchev–Trinajstić information content (AvgIpc) is 3.85. The van der Waals surface area contributed by atoms with Gasteiger partial charge >= 0.3 is 6.09 Å². The van der Waals surface area contributed by atoms with Crippen LogP contribution in [-0.2, 0) is 11.2 Å². The standard InChI is InChI=1S/C37H44FN5O4S/c1-4-27-31(38)9-6-22-14-26(44)15-28(33(22)27)30-20-48-34-29(30)16-32(40-35(34)42-17-23-7-8-24(18-42)39-23)47-21-37-11-5-13-43(37)25(10-12-37)19-46-36(45)41(2)3/h6,9,14-16,20,23-25,39,44H,4-5,7-8,10-13,17-19,21H2,1-3H3/t23?,24?,25-,37?/m1/s1. The summed E-state index contributed by atoms with van der Waals surface area (Å²) in [5.41, 5.74) is 2.31. The van der Waals surface area contributed by atoms with E-state index < -0.39 is 0 Å². The fourth-order valence-corrected chi connectivity index (χ4v) is 9.88. The summed E-state index contributed by atoms with van der Waals surface area (Å²) >= 11 is 1.65. The Bertz CT molecular complexity index is 1870. The number of halogens is 1. The molecule has 4 aliphatic heterocycles. The van der Waals surface area contributed by atoms with E-state index in [0.29, 0.717) is 43.2 Å². The van der Waals surface area contributed by atoms with Crippen molar-refractivity contribution in [2.45, 2.75) is 75.5 Å². The second-order valence-corrected chi connectivity index (χ2v) is 15.2. The zero-order chi connectivity index (χ0) is 33.2. The molecule has 4 saturated heterocycles. The van der Waals surface area contributed by atoms with E-state index in [1.54, 1.807) is 43.6 Å². The van der Waals surface area contributed by atoms with Crippen molar-refractivity contribution in [3.8, 4) is 22.8 Å². The van der Waals surface area contributed by atoms with Crippen LogP contribution in [0.5, 0.6) is 11.6 Å². The molecule has 1 amide bonds. The Morgan fingerprint density at radius 2 is 1.96 bits per heavy atom. The Morgan fingerprint density at radius 1 is 1.15 bits per heavy atom. The number of rotatable bonds is 8. The van der Waals surface area contributed by atoms with Gasteiger partial charge in [0.1, 0.15) is 24.8 Å². The fourth-order valence-electron chi connectivity index (χ4n) is 8.81. The average molecular weight is 674 g/mol. The summed E-state index contributed by atoms with van der Waals surface area (Å²) in [6.07, 6.45) is 6.62. The minimum absolute atomic E-state index is 0.118. The van der Waals surface area contributed by atoms with E-state index in [0.717, 1.165) is 83.1 Å². The maximum Gasteiger partial charge on any atom is 0.409 e. The zero-order valence-electron chi connectivity index (χ0n) is 27.9. The lowest BCUT2D eigenvalue weighted by molar-refractivity contribution is 0.0494. The van der Waals surface area contributed by atoms with Gasteiger partial charge in [-0.15, -0.1) is 11.3 Å². The number of hydrogen-bond acceptors (Lipinski definition) is 9. The van der Waals surface area contributed by atoms with E-state index in [1.165, 1.54) is 23.8 Å². The van der Waals surface area contributed by atoms with Crippen LogP contribution in [0, 0.1) is 5.82 Å². The van der Waals surface area contributed by atoms with Gasteiger partial charge in [-0.2, -0.15) is 4.98 Å². The molecule has 4 fully saturated rings. The lowest BCUT2D eigenvalue weighted by Crippen LogP contribution is -2.51. The number of thiophene rings is 1. The first-order chi connectivity index (χ1) is 23.2. The maximum atomic E-state index is 15.2. The van der Waals surface area contributed by atoms with E-state index >= 15 is 4.39 Å². The molecule has 2 aromatic heterocycles. The molecule has 0 saturated carbocycles. The molecule has 254 valence electrons. The van der Waals surface area contributed by atoms with Crippen molar-refractivity contribution in [2.24, 2.45) is 0 Å². The third-order valence-corrected chi connectivity index (χ3v) is 12.1. The van der Waals surface area contributed by atoms with Gasteiger partial charge in [0.25, 0.3) is 0 Å². The molecule has 4 atom stereocenters. The highest BCUT2D eigenvalue weighted by molar-refractivity contribution is 7.18. The number of anilines is 1. The van der Waals surface area contributed by atoms with Crippen molar-refractivity contribution in [1.29, 1.82) is 0 Å². The Morgan fingerprint density at radius 3 is 2.73 bits per heavy atom. The number of carbonyl (C=O) groups excluding carboxylic acids is 1.